The Labute approximate surface area is 98.8 Å². The molecule has 0 aliphatic rings. The number of carbonyl (C=O) groups is 2. The van der Waals surface area contributed by atoms with Gasteiger partial charge >= 0.3 is 5.97 Å². The van der Waals surface area contributed by atoms with Crippen LogP contribution >= 0.6 is 0 Å². The van der Waals surface area contributed by atoms with Crippen molar-refractivity contribution in [3.63, 3.8) is 0 Å². The van der Waals surface area contributed by atoms with Crippen molar-refractivity contribution in [2.24, 2.45) is 0 Å². The van der Waals surface area contributed by atoms with E-state index in [0.717, 1.165) is 0 Å². The molecule has 4 nitrogen and oxygen atoms in total. The Morgan fingerprint density at radius 3 is 2.47 bits per heavy atom. The van der Waals surface area contributed by atoms with E-state index in [1.165, 1.54) is 38.3 Å². The van der Waals surface area contributed by atoms with Gasteiger partial charge in [0.15, 0.2) is 0 Å². The van der Waals surface area contributed by atoms with Gasteiger partial charge in [0.05, 0.1) is 13.5 Å². The molecule has 0 spiro atoms. The quantitative estimate of drug-likeness (QED) is 0.799. The first-order valence-electron chi connectivity index (χ1n) is 5.14. The number of rotatable bonds is 4. The van der Waals surface area contributed by atoms with Crippen molar-refractivity contribution in [3.05, 3.63) is 35.6 Å². The lowest BCUT2D eigenvalue weighted by Crippen LogP contribution is -2.39. The molecule has 0 aliphatic carbocycles. The van der Waals surface area contributed by atoms with Crippen LogP contribution < -0.4 is 5.32 Å². The van der Waals surface area contributed by atoms with E-state index < -0.39 is 12.0 Å². The highest BCUT2D eigenvalue weighted by Gasteiger charge is 2.15. The van der Waals surface area contributed by atoms with Gasteiger partial charge in [-0.15, -0.1) is 0 Å². The zero-order valence-corrected chi connectivity index (χ0v) is 9.70. The molecule has 0 saturated carbocycles. The van der Waals surface area contributed by atoms with E-state index in [0.29, 0.717) is 5.56 Å². The lowest BCUT2D eigenvalue weighted by molar-refractivity contribution is -0.144. The minimum atomic E-state index is -0.687. The predicted octanol–water partition coefficient (Wildman–Crippen LogP) is 1.05. The maximum atomic E-state index is 12.6. The van der Waals surface area contributed by atoms with Crippen molar-refractivity contribution in [3.8, 4) is 0 Å². The fourth-order valence-corrected chi connectivity index (χ4v) is 1.32. The summed E-state index contributed by atoms with van der Waals surface area (Å²) in [5.74, 6) is -1.16. The molecular formula is C12H14FNO3. The number of amides is 1. The lowest BCUT2D eigenvalue weighted by atomic mass is 10.1. The van der Waals surface area contributed by atoms with Gasteiger partial charge in [0.25, 0.3) is 0 Å². The number of halogens is 1. The summed E-state index contributed by atoms with van der Waals surface area (Å²) in [7, 11) is 1.25. The molecule has 0 aliphatic heterocycles. The zero-order chi connectivity index (χ0) is 12.8. The molecule has 0 heterocycles. The fraction of sp³-hybridized carbons (Fsp3) is 0.333. The maximum Gasteiger partial charge on any atom is 0.328 e. The Morgan fingerprint density at radius 2 is 1.94 bits per heavy atom. The second-order valence-electron chi connectivity index (χ2n) is 3.62. The average molecular weight is 239 g/mol. The van der Waals surface area contributed by atoms with Crippen LogP contribution in [0.4, 0.5) is 4.39 Å². The van der Waals surface area contributed by atoms with Gasteiger partial charge in [0, 0.05) is 0 Å². The molecule has 17 heavy (non-hydrogen) atoms. The Morgan fingerprint density at radius 1 is 1.35 bits per heavy atom. The van der Waals surface area contributed by atoms with Crippen LogP contribution in [0.15, 0.2) is 24.3 Å². The van der Waals surface area contributed by atoms with Crippen LogP contribution in [0.5, 0.6) is 0 Å². The summed E-state index contributed by atoms with van der Waals surface area (Å²) < 4.78 is 17.1. The largest absolute Gasteiger partial charge is 0.467 e. The van der Waals surface area contributed by atoms with Crippen LogP contribution in [0.25, 0.3) is 0 Å². The van der Waals surface area contributed by atoms with Crippen molar-refractivity contribution in [2.45, 2.75) is 19.4 Å². The van der Waals surface area contributed by atoms with Gasteiger partial charge in [0.2, 0.25) is 5.91 Å². The molecule has 1 atom stereocenters. The highest BCUT2D eigenvalue weighted by molar-refractivity contribution is 5.85. The van der Waals surface area contributed by atoms with Gasteiger partial charge in [-0.25, -0.2) is 9.18 Å². The number of ether oxygens (including phenoxy) is 1. The molecule has 0 radical (unpaired) electrons. The Balaban J connectivity index is 2.50. The SMILES string of the molecule is COC(=O)[C@@H](C)NC(=O)Cc1ccc(F)cc1. The third-order valence-electron chi connectivity index (χ3n) is 2.21. The summed E-state index contributed by atoms with van der Waals surface area (Å²) in [4.78, 5) is 22.6. The second-order valence-corrected chi connectivity index (χ2v) is 3.62. The molecule has 92 valence electrons. The molecular weight excluding hydrogens is 225 g/mol. The first-order chi connectivity index (χ1) is 8.02. The van der Waals surface area contributed by atoms with E-state index in [2.05, 4.69) is 10.1 Å². The fourth-order valence-electron chi connectivity index (χ4n) is 1.32. The van der Waals surface area contributed by atoms with Crippen LogP contribution in [-0.2, 0) is 20.7 Å². The molecule has 1 rings (SSSR count). The molecule has 1 N–H and O–H groups in total. The summed E-state index contributed by atoms with van der Waals surface area (Å²) >= 11 is 0. The van der Waals surface area contributed by atoms with Crippen LogP contribution in [0.3, 0.4) is 0 Å². The molecule has 5 heteroatoms. The highest BCUT2D eigenvalue weighted by atomic mass is 19.1. The third-order valence-corrected chi connectivity index (χ3v) is 2.21. The number of nitrogens with one attached hydrogen (secondary N) is 1. The van der Waals surface area contributed by atoms with Crippen molar-refractivity contribution < 1.29 is 18.7 Å². The lowest BCUT2D eigenvalue weighted by Gasteiger charge is -2.11. The summed E-state index contributed by atoms with van der Waals surface area (Å²) in [6.45, 7) is 1.54. The average Bonchev–Trinajstić information content (AvgIpc) is 2.30. The summed E-state index contributed by atoms with van der Waals surface area (Å²) in [6, 6.07) is 4.93. The van der Waals surface area contributed by atoms with E-state index in [1.54, 1.807) is 0 Å². The smallest absolute Gasteiger partial charge is 0.328 e. The number of esters is 1. The van der Waals surface area contributed by atoms with Crippen LogP contribution in [0.2, 0.25) is 0 Å². The Hall–Kier alpha value is -1.91. The minimum absolute atomic E-state index is 0.0988. The number of carbonyl (C=O) groups excluding carboxylic acids is 2. The van der Waals surface area contributed by atoms with Crippen molar-refractivity contribution >= 4 is 11.9 Å². The van der Waals surface area contributed by atoms with Gasteiger partial charge in [-0.2, -0.15) is 0 Å². The number of methoxy groups -OCH3 is 1. The van der Waals surface area contributed by atoms with Gasteiger partial charge in [-0.3, -0.25) is 4.79 Å². The Bertz CT molecular complexity index is 403. The van der Waals surface area contributed by atoms with Gasteiger partial charge in [-0.05, 0) is 24.6 Å². The molecule has 1 aromatic rings. The Kier molecular flexibility index (Phi) is 4.63. The minimum Gasteiger partial charge on any atom is -0.467 e. The maximum absolute atomic E-state index is 12.6. The zero-order valence-electron chi connectivity index (χ0n) is 9.70. The number of hydrogen-bond acceptors (Lipinski definition) is 3. The first-order valence-corrected chi connectivity index (χ1v) is 5.14. The van der Waals surface area contributed by atoms with E-state index >= 15 is 0 Å². The summed E-state index contributed by atoms with van der Waals surface area (Å²) in [5.41, 5.74) is 0.681. The first kappa shape index (κ1) is 13.2. The normalized spacial score (nSPS) is 11.7. The molecule has 0 fully saturated rings. The van der Waals surface area contributed by atoms with Crippen LogP contribution in [-0.4, -0.2) is 25.0 Å². The number of hydrogen-bond donors (Lipinski definition) is 1. The van der Waals surface area contributed by atoms with Gasteiger partial charge in [-0.1, -0.05) is 12.1 Å². The van der Waals surface area contributed by atoms with Crippen molar-refractivity contribution in [2.75, 3.05) is 7.11 Å². The molecule has 0 saturated heterocycles. The monoisotopic (exact) mass is 239 g/mol. The number of benzene rings is 1. The van der Waals surface area contributed by atoms with Gasteiger partial charge in [0.1, 0.15) is 11.9 Å². The molecule has 1 aromatic carbocycles. The molecule has 0 unspecified atom stereocenters. The summed E-state index contributed by atoms with van der Waals surface area (Å²) in [5, 5.41) is 2.49. The molecule has 0 bridgehead atoms. The topological polar surface area (TPSA) is 55.4 Å². The van der Waals surface area contributed by atoms with E-state index in [1.807, 2.05) is 0 Å². The van der Waals surface area contributed by atoms with Crippen molar-refractivity contribution in [1.82, 2.24) is 5.32 Å². The van der Waals surface area contributed by atoms with Crippen LogP contribution in [0.1, 0.15) is 12.5 Å². The van der Waals surface area contributed by atoms with Crippen LogP contribution in [0, 0.1) is 5.82 Å². The standard InChI is InChI=1S/C12H14FNO3/c1-8(12(16)17-2)14-11(15)7-9-3-5-10(13)6-4-9/h3-6,8H,7H2,1-2H3,(H,14,15)/t8-/m1/s1. The second kappa shape index (κ2) is 5.98. The van der Waals surface area contributed by atoms with Gasteiger partial charge < -0.3 is 10.1 Å². The van der Waals surface area contributed by atoms with E-state index in [4.69, 9.17) is 0 Å². The van der Waals surface area contributed by atoms with E-state index in [-0.39, 0.29) is 18.1 Å². The summed E-state index contributed by atoms with van der Waals surface area (Å²) in [6.07, 6.45) is 0.0988. The molecule has 0 aromatic heterocycles. The molecule has 1 amide bonds. The predicted molar refractivity (Wildman–Crippen MR) is 59.7 cm³/mol. The van der Waals surface area contributed by atoms with E-state index in [9.17, 15) is 14.0 Å². The third kappa shape index (κ3) is 4.22. The van der Waals surface area contributed by atoms with Crippen molar-refractivity contribution in [1.29, 1.82) is 0 Å². The highest BCUT2D eigenvalue weighted by Crippen LogP contribution is 2.03.